The van der Waals surface area contributed by atoms with Crippen molar-refractivity contribution in [2.45, 2.75) is 0 Å². The normalized spacial score (nSPS) is 8.76. The minimum atomic E-state index is -1.11. The largest absolute Gasteiger partial charge is 2.00 e. The molecule has 4 N–H and O–H groups in total. The molecule has 0 aromatic heterocycles. The zero-order chi connectivity index (χ0) is 15.1. The van der Waals surface area contributed by atoms with Crippen LogP contribution in [0.4, 0.5) is 0 Å². The van der Waals surface area contributed by atoms with Crippen LogP contribution in [-0.4, -0.2) is 55.4 Å². The maximum absolute atomic E-state index is 10.3. The average Bonchev–Trinajstić information content (AvgIpc) is 2.40. The minimum Gasteiger partial charge on any atom is -1.00 e. The van der Waals surface area contributed by atoms with Crippen molar-refractivity contribution in [1.82, 2.24) is 0 Å². The first kappa shape index (κ1) is 18.7. The Morgan fingerprint density at radius 2 is 1.00 bits per heavy atom. The Hall–Kier alpha value is -2.25. The van der Waals surface area contributed by atoms with E-state index in [0.29, 0.717) is 0 Å². The molecule has 0 aliphatic carbocycles. The molecule has 0 heterocycles. The standard InChI is InChI=1S/2C7H6O3.Mg.2H/c2*8-6-4-2-1-3-5(6)7(9)10;;;/h2*1-4,8H,(H,9,10);;;/q;;+2;2*-1. The molecule has 0 unspecified atom stereocenters. The van der Waals surface area contributed by atoms with E-state index in [4.69, 9.17) is 20.4 Å². The van der Waals surface area contributed by atoms with Crippen LogP contribution in [0.3, 0.4) is 0 Å². The number of hydrogen-bond acceptors (Lipinski definition) is 4. The monoisotopic (exact) mass is 302 g/mol. The van der Waals surface area contributed by atoms with Crippen LogP contribution in [0, 0.1) is 0 Å². The maximum Gasteiger partial charge on any atom is 2.00 e. The van der Waals surface area contributed by atoms with E-state index in [2.05, 4.69) is 0 Å². The van der Waals surface area contributed by atoms with E-state index in [1.165, 1.54) is 24.3 Å². The second kappa shape index (κ2) is 8.83. The topological polar surface area (TPSA) is 115 Å². The predicted molar refractivity (Wildman–Crippen MR) is 78.1 cm³/mol. The number of aromatic hydroxyl groups is 2. The first-order valence-electron chi connectivity index (χ1n) is 5.46. The summed E-state index contributed by atoms with van der Waals surface area (Å²) in [6.07, 6.45) is 0. The number of hydrogen-bond donors (Lipinski definition) is 4. The van der Waals surface area contributed by atoms with Gasteiger partial charge in [-0.3, -0.25) is 0 Å². The number of para-hydroxylation sites is 2. The first-order chi connectivity index (χ1) is 9.43. The van der Waals surface area contributed by atoms with Gasteiger partial charge < -0.3 is 23.3 Å². The fourth-order valence-electron chi connectivity index (χ4n) is 1.31. The van der Waals surface area contributed by atoms with E-state index in [1.807, 2.05) is 0 Å². The van der Waals surface area contributed by atoms with Gasteiger partial charge in [-0.1, -0.05) is 24.3 Å². The maximum atomic E-state index is 10.3. The van der Waals surface area contributed by atoms with Crippen LogP contribution in [0.2, 0.25) is 0 Å². The Morgan fingerprint density at radius 1 is 0.714 bits per heavy atom. The molecule has 0 spiro atoms. The second-order valence-corrected chi connectivity index (χ2v) is 3.64. The molecule has 0 aliphatic rings. The third kappa shape index (κ3) is 5.72. The van der Waals surface area contributed by atoms with Crippen LogP contribution in [0.15, 0.2) is 48.5 Å². The molecule has 0 amide bonds. The van der Waals surface area contributed by atoms with E-state index >= 15 is 0 Å². The minimum absolute atomic E-state index is 0. The molecule has 2 aromatic carbocycles. The van der Waals surface area contributed by atoms with Crippen molar-refractivity contribution in [3.8, 4) is 11.5 Å². The van der Waals surface area contributed by atoms with Crippen LogP contribution in [0.25, 0.3) is 0 Å². The van der Waals surface area contributed by atoms with E-state index < -0.39 is 11.9 Å². The van der Waals surface area contributed by atoms with Gasteiger partial charge in [0, 0.05) is 0 Å². The smallest absolute Gasteiger partial charge is 1.00 e. The van der Waals surface area contributed by atoms with Gasteiger partial charge in [-0.15, -0.1) is 0 Å². The molecule has 2 aromatic rings. The van der Waals surface area contributed by atoms with Gasteiger partial charge in [0.1, 0.15) is 22.6 Å². The van der Waals surface area contributed by atoms with Crippen molar-refractivity contribution in [2.75, 3.05) is 0 Å². The quantitative estimate of drug-likeness (QED) is 0.631. The predicted octanol–water partition coefficient (Wildman–Crippen LogP) is 2.03. The molecule has 6 nitrogen and oxygen atoms in total. The van der Waals surface area contributed by atoms with Crippen molar-refractivity contribution >= 4 is 35.0 Å². The number of carboxylic acids is 2. The number of carbonyl (C=O) groups is 2. The molecule has 0 aliphatic heterocycles. The summed E-state index contributed by atoms with van der Waals surface area (Å²) in [6.45, 7) is 0. The van der Waals surface area contributed by atoms with Crippen molar-refractivity contribution in [3.05, 3.63) is 59.7 Å². The number of benzene rings is 2. The van der Waals surface area contributed by atoms with Crippen LogP contribution in [-0.2, 0) is 0 Å². The summed E-state index contributed by atoms with van der Waals surface area (Å²) in [4.78, 5) is 20.5. The number of phenols is 2. The Bertz CT molecular complexity index is 581. The van der Waals surface area contributed by atoms with Gasteiger partial charge in [-0.2, -0.15) is 0 Å². The van der Waals surface area contributed by atoms with E-state index in [1.54, 1.807) is 24.3 Å². The van der Waals surface area contributed by atoms with E-state index in [9.17, 15) is 9.59 Å². The summed E-state index contributed by atoms with van der Waals surface area (Å²) in [5.74, 6) is -2.62. The molecular formula is C14H14MgO6. The van der Waals surface area contributed by atoms with Gasteiger partial charge in [-0.05, 0) is 24.3 Å². The summed E-state index contributed by atoms with van der Waals surface area (Å²) in [7, 11) is 0. The SMILES string of the molecule is O=C(O)c1ccccc1O.O=C(O)c1ccccc1O.[H-].[H-].[Mg+2]. The van der Waals surface area contributed by atoms with E-state index in [-0.39, 0.29) is 48.5 Å². The molecule has 0 bridgehead atoms. The molecule has 108 valence electrons. The molecule has 21 heavy (non-hydrogen) atoms. The Labute approximate surface area is 139 Å². The summed E-state index contributed by atoms with van der Waals surface area (Å²) in [5, 5.41) is 34.6. The van der Waals surface area contributed by atoms with Crippen LogP contribution >= 0.6 is 0 Å². The third-order valence-electron chi connectivity index (χ3n) is 2.27. The molecule has 0 fully saturated rings. The zero-order valence-electron chi connectivity index (χ0n) is 12.9. The fraction of sp³-hybridized carbons (Fsp3) is 0. The molecule has 0 saturated carbocycles. The van der Waals surface area contributed by atoms with Crippen LogP contribution in [0.5, 0.6) is 11.5 Å². The Balaban J connectivity index is -0.000000308. The number of rotatable bonds is 2. The molecule has 7 heteroatoms. The van der Waals surface area contributed by atoms with Crippen molar-refractivity contribution < 1.29 is 32.9 Å². The fourth-order valence-corrected chi connectivity index (χ4v) is 1.31. The van der Waals surface area contributed by atoms with Gasteiger partial charge >= 0.3 is 35.0 Å². The van der Waals surface area contributed by atoms with Crippen LogP contribution < -0.4 is 0 Å². The molecule has 0 radical (unpaired) electrons. The summed E-state index contributed by atoms with van der Waals surface area (Å²) >= 11 is 0. The Morgan fingerprint density at radius 3 is 1.19 bits per heavy atom. The first-order valence-corrected chi connectivity index (χ1v) is 5.46. The summed E-state index contributed by atoms with van der Waals surface area (Å²) in [5.41, 5.74) is -0.134. The average molecular weight is 303 g/mol. The number of aromatic carboxylic acids is 2. The second-order valence-electron chi connectivity index (χ2n) is 3.64. The van der Waals surface area contributed by atoms with Gasteiger partial charge in [0.15, 0.2) is 0 Å². The van der Waals surface area contributed by atoms with Gasteiger partial charge in [0.05, 0.1) is 0 Å². The van der Waals surface area contributed by atoms with Gasteiger partial charge in [-0.25, -0.2) is 9.59 Å². The van der Waals surface area contributed by atoms with Crippen molar-refractivity contribution in [2.24, 2.45) is 0 Å². The Kier molecular flexibility index (Phi) is 7.88. The molecule has 2 rings (SSSR count). The molecule has 0 saturated heterocycles. The summed E-state index contributed by atoms with van der Waals surface area (Å²) in [6, 6.07) is 11.6. The van der Waals surface area contributed by atoms with Crippen molar-refractivity contribution in [1.29, 1.82) is 0 Å². The zero-order valence-corrected chi connectivity index (χ0v) is 12.3. The van der Waals surface area contributed by atoms with Crippen molar-refractivity contribution in [3.63, 3.8) is 0 Å². The van der Waals surface area contributed by atoms with Gasteiger partial charge in [0.25, 0.3) is 0 Å². The van der Waals surface area contributed by atoms with E-state index in [0.717, 1.165) is 0 Å². The van der Waals surface area contributed by atoms with Crippen LogP contribution in [0.1, 0.15) is 23.6 Å². The van der Waals surface area contributed by atoms with Gasteiger partial charge in [0.2, 0.25) is 0 Å². The molecule has 0 atom stereocenters. The number of carboxylic acid groups (broad SMARTS) is 2. The summed E-state index contributed by atoms with van der Waals surface area (Å²) < 4.78 is 0. The molecular weight excluding hydrogens is 288 g/mol. The third-order valence-corrected chi connectivity index (χ3v) is 2.27.